The monoisotopic (exact) mass is 300 g/mol. The van der Waals surface area contributed by atoms with Crippen LogP contribution in [0.4, 0.5) is 0 Å². The van der Waals surface area contributed by atoms with Gasteiger partial charge in [0.2, 0.25) is 0 Å². The number of pyridine rings is 1. The van der Waals surface area contributed by atoms with Crippen molar-refractivity contribution in [2.24, 2.45) is 0 Å². The molecule has 0 spiro atoms. The van der Waals surface area contributed by atoms with Crippen LogP contribution >= 0.6 is 0 Å². The highest BCUT2D eigenvalue weighted by atomic mass is 16.5. The molecular formula is C17H20N2O3. The molecule has 0 bridgehead atoms. The summed E-state index contributed by atoms with van der Waals surface area (Å²) in [6.07, 6.45) is 2.47. The van der Waals surface area contributed by atoms with Crippen molar-refractivity contribution >= 4 is 5.91 Å². The summed E-state index contributed by atoms with van der Waals surface area (Å²) in [5, 5.41) is 2.77. The van der Waals surface area contributed by atoms with E-state index in [9.17, 15) is 9.59 Å². The minimum absolute atomic E-state index is 0.00546. The molecule has 1 aromatic heterocycles. The van der Waals surface area contributed by atoms with Crippen LogP contribution in [0.25, 0.3) is 0 Å². The molecular weight excluding hydrogens is 280 g/mol. The molecule has 0 aliphatic heterocycles. The number of para-hydroxylation sites is 1. The van der Waals surface area contributed by atoms with Crippen molar-refractivity contribution in [3.05, 3.63) is 64.6 Å². The summed E-state index contributed by atoms with van der Waals surface area (Å²) in [5.41, 5.74) is 0.936. The zero-order valence-corrected chi connectivity index (χ0v) is 12.6. The molecule has 1 heterocycles. The summed E-state index contributed by atoms with van der Waals surface area (Å²) in [6.45, 7) is 2.98. The molecule has 1 amide bonds. The maximum atomic E-state index is 11.7. The Kier molecular flexibility index (Phi) is 5.77. The van der Waals surface area contributed by atoms with Crippen molar-refractivity contribution in [2.75, 3.05) is 13.2 Å². The quantitative estimate of drug-likeness (QED) is 0.792. The van der Waals surface area contributed by atoms with Crippen LogP contribution in [0.15, 0.2) is 53.5 Å². The first-order chi connectivity index (χ1) is 10.6. The molecule has 0 radical (unpaired) electrons. The lowest BCUT2D eigenvalue weighted by atomic mass is 10.3. The second-order valence-electron chi connectivity index (χ2n) is 5.04. The van der Waals surface area contributed by atoms with Crippen molar-refractivity contribution < 1.29 is 9.53 Å². The molecule has 0 unspecified atom stereocenters. The van der Waals surface area contributed by atoms with Crippen LogP contribution in [0.3, 0.4) is 0 Å². The van der Waals surface area contributed by atoms with Crippen molar-refractivity contribution in [1.29, 1.82) is 0 Å². The average Bonchev–Trinajstić information content (AvgIpc) is 2.52. The number of ether oxygens (including phenoxy) is 1. The normalized spacial score (nSPS) is 10.2. The van der Waals surface area contributed by atoms with Gasteiger partial charge in [0.1, 0.15) is 5.75 Å². The van der Waals surface area contributed by atoms with E-state index in [-0.39, 0.29) is 18.1 Å². The molecule has 0 atom stereocenters. The highest BCUT2D eigenvalue weighted by Gasteiger charge is 2.02. The molecule has 116 valence electrons. The van der Waals surface area contributed by atoms with Crippen LogP contribution in [0, 0.1) is 6.92 Å². The number of carbonyl (C=O) groups is 1. The fourth-order valence-corrected chi connectivity index (χ4v) is 1.99. The van der Waals surface area contributed by atoms with Gasteiger partial charge in [-0.25, -0.2) is 0 Å². The van der Waals surface area contributed by atoms with Crippen molar-refractivity contribution in [1.82, 2.24) is 9.88 Å². The third-order valence-corrected chi connectivity index (χ3v) is 3.16. The van der Waals surface area contributed by atoms with Crippen molar-refractivity contribution in [3.63, 3.8) is 0 Å². The number of aromatic nitrogens is 1. The molecule has 2 rings (SSSR count). The summed E-state index contributed by atoms with van der Waals surface area (Å²) in [5.74, 6) is 0.504. The SMILES string of the molecule is Cc1ccn(CCCNC(=O)COc2ccccc2)c(=O)c1. The Morgan fingerprint density at radius 3 is 2.73 bits per heavy atom. The second-order valence-corrected chi connectivity index (χ2v) is 5.04. The lowest BCUT2D eigenvalue weighted by Crippen LogP contribution is -2.30. The Hall–Kier alpha value is -2.56. The Labute approximate surface area is 129 Å². The van der Waals surface area contributed by atoms with E-state index in [4.69, 9.17) is 4.74 Å². The molecule has 5 heteroatoms. The standard InChI is InChI=1S/C17H20N2O3/c1-14-8-11-19(17(21)12-14)10-5-9-18-16(20)13-22-15-6-3-2-4-7-15/h2-4,6-8,11-12H,5,9-10,13H2,1H3,(H,18,20). The topological polar surface area (TPSA) is 60.3 Å². The zero-order chi connectivity index (χ0) is 15.8. The first-order valence-corrected chi connectivity index (χ1v) is 7.27. The first-order valence-electron chi connectivity index (χ1n) is 7.27. The van der Waals surface area contributed by atoms with Gasteiger partial charge in [-0.3, -0.25) is 9.59 Å². The van der Waals surface area contributed by atoms with E-state index in [2.05, 4.69) is 5.32 Å². The van der Waals surface area contributed by atoms with Gasteiger partial charge in [-0.1, -0.05) is 18.2 Å². The number of hydrogen-bond donors (Lipinski definition) is 1. The van der Waals surface area contributed by atoms with Crippen LogP contribution in [-0.2, 0) is 11.3 Å². The van der Waals surface area contributed by atoms with Gasteiger partial charge in [0, 0.05) is 25.4 Å². The number of amides is 1. The zero-order valence-electron chi connectivity index (χ0n) is 12.6. The predicted molar refractivity (Wildman–Crippen MR) is 85.0 cm³/mol. The summed E-state index contributed by atoms with van der Waals surface area (Å²) in [4.78, 5) is 23.3. The number of nitrogens with zero attached hydrogens (tertiary/aromatic N) is 1. The largest absolute Gasteiger partial charge is 0.484 e. The minimum Gasteiger partial charge on any atom is -0.484 e. The van der Waals surface area contributed by atoms with Gasteiger partial charge in [0.25, 0.3) is 11.5 Å². The predicted octanol–water partition coefficient (Wildman–Crippen LogP) is 1.74. The highest BCUT2D eigenvalue weighted by Crippen LogP contribution is 2.07. The van der Waals surface area contributed by atoms with Gasteiger partial charge >= 0.3 is 0 Å². The molecule has 2 aromatic rings. The van der Waals surface area contributed by atoms with E-state index >= 15 is 0 Å². The van der Waals surface area contributed by atoms with E-state index in [1.165, 1.54) is 0 Å². The number of nitrogens with one attached hydrogen (secondary N) is 1. The summed E-state index contributed by atoms with van der Waals surface area (Å²) in [7, 11) is 0. The van der Waals surface area contributed by atoms with E-state index in [0.29, 0.717) is 25.3 Å². The number of carbonyl (C=O) groups excluding carboxylic acids is 1. The molecule has 0 saturated heterocycles. The summed E-state index contributed by atoms with van der Waals surface area (Å²) in [6, 6.07) is 12.7. The molecule has 0 aliphatic carbocycles. The maximum Gasteiger partial charge on any atom is 0.257 e. The Morgan fingerprint density at radius 2 is 2.00 bits per heavy atom. The van der Waals surface area contributed by atoms with Gasteiger partial charge in [-0.05, 0) is 37.1 Å². The fraction of sp³-hybridized carbons (Fsp3) is 0.294. The molecule has 1 aromatic carbocycles. The van der Waals surface area contributed by atoms with E-state index in [0.717, 1.165) is 5.56 Å². The van der Waals surface area contributed by atoms with Gasteiger partial charge in [0.05, 0.1) is 0 Å². The van der Waals surface area contributed by atoms with Gasteiger partial charge in [-0.2, -0.15) is 0 Å². The average molecular weight is 300 g/mol. The van der Waals surface area contributed by atoms with Crippen LogP contribution < -0.4 is 15.6 Å². The summed E-state index contributed by atoms with van der Waals surface area (Å²) < 4.78 is 6.99. The molecule has 0 aliphatic rings. The van der Waals surface area contributed by atoms with Crippen LogP contribution in [0.1, 0.15) is 12.0 Å². The van der Waals surface area contributed by atoms with E-state index in [1.807, 2.05) is 31.2 Å². The van der Waals surface area contributed by atoms with Gasteiger partial charge in [-0.15, -0.1) is 0 Å². The molecule has 0 saturated carbocycles. The summed E-state index contributed by atoms with van der Waals surface area (Å²) >= 11 is 0. The highest BCUT2D eigenvalue weighted by molar-refractivity contribution is 5.77. The molecule has 5 nitrogen and oxygen atoms in total. The van der Waals surface area contributed by atoms with Crippen LogP contribution in [0.2, 0.25) is 0 Å². The minimum atomic E-state index is -0.167. The number of rotatable bonds is 7. The number of benzene rings is 1. The lowest BCUT2D eigenvalue weighted by Gasteiger charge is -2.08. The lowest BCUT2D eigenvalue weighted by molar-refractivity contribution is -0.123. The van der Waals surface area contributed by atoms with Gasteiger partial charge < -0.3 is 14.6 Å². The van der Waals surface area contributed by atoms with E-state index < -0.39 is 0 Å². The van der Waals surface area contributed by atoms with Crippen LogP contribution in [0.5, 0.6) is 5.75 Å². The molecule has 22 heavy (non-hydrogen) atoms. The molecule has 0 fully saturated rings. The second kappa shape index (κ2) is 8.02. The van der Waals surface area contributed by atoms with Crippen molar-refractivity contribution in [2.45, 2.75) is 19.9 Å². The first kappa shape index (κ1) is 15.8. The third-order valence-electron chi connectivity index (χ3n) is 3.16. The smallest absolute Gasteiger partial charge is 0.257 e. The van der Waals surface area contributed by atoms with Gasteiger partial charge in [0.15, 0.2) is 6.61 Å². The molecule has 1 N–H and O–H groups in total. The number of hydrogen-bond acceptors (Lipinski definition) is 3. The van der Waals surface area contributed by atoms with Crippen molar-refractivity contribution in [3.8, 4) is 5.75 Å². The third kappa shape index (κ3) is 5.09. The van der Waals surface area contributed by atoms with E-state index in [1.54, 1.807) is 29.0 Å². The fourth-order valence-electron chi connectivity index (χ4n) is 1.99. The Balaban J connectivity index is 1.66. The van der Waals surface area contributed by atoms with Crippen LogP contribution in [-0.4, -0.2) is 23.6 Å². The Morgan fingerprint density at radius 1 is 1.23 bits per heavy atom. The number of aryl methyl sites for hydroxylation is 2. The maximum absolute atomic E-state index is 11.7. The Bertz CT molecular complexity index is 665.